The number of aliphatic hydroxyl groups excluding tert-OH is 1. The van der Waals surface area contributed by atoms with E-state index in [1.54, 1.807) is 18.2 Å². The number of aromatic nitrogens is 1. The molecule has 0 radical (unpaired) electrons. The highest BCUT2D eigenvalue weighted by Gasteiger charge is 2.09. The monoisotopic (exact) mass is 419 g/mol. The molecule has 0 spiro atoms. The molecule has 0 unspecified atom stereocenters. The summed E-state index contributed by atoms with van der Waals surface area (Å²) in [6, 6.07) is 17.2. The second kappa shape index (κ2) is 11.6. The molecule has 164 valence electrons. The largest absolute Gasteiger partial charge is 0.478 e. The van der Waals surface area contributed by atoms with Crippen molar-refractivity contribution >= 4 is 16.9 Å². The Bertz CT molecular complexity index is 999. The third-order valence-electron chi connectivity index (χ3n) is 5.83. The Morgan fingerprint density at radius 1 is 0.935 bits per heavy atom. The van der Waals surface area contributed by atoms with Gasteiger partial charge >= 0.3 is 5.97 Å². The summed E-state index contributed by atoms with van der Waals surface area (Å²) in [6.07, 6.45) is 9.13. The molecule has 0 aliphatic rings. The average Bonchev–Trinajstić information content (AvgIpc) is 2.79. The van der Waals surface area contributed by atoms with Crippen molar-refractivity contribution in [2.24, 2.45) is 0 Å². The minimum Gasteiger partial charge on any atom is -0.478 e. The first-order valence-corrected chi connectivity index (χ1v) is 11.5. The number of aliphatic hydroxyl groups is 1. The number of fused-ring (bicyclic) bond motifs is 1. The average molecular weight is 420 g/mol. The standard InChI is InChI=1S/C27H33NO3/c1-2-3-4-5-6-7-11-26(29)22-14-13-21-15-17-24(28-25(21)19-22)16-12-20-9-8-10-23(18-20)27(30)31/h8-10,13-15,17-19,26,29H,2-7,11-12,16H2,1H3,(H,30,31)/t26-/m1/s1. The minimum atomic E-state index is -0.905. The van der Waals surface area contributed by atoms with Gasteiger partial charge in [-0.3, -0.25) is 4.98 Å². The van der Waals surface area contributed by atoms with Crippen molar-refractivity contribution in [1.29, 1.82) is 0 Å². The summed E-state index contributed by atoms with van der Waals surface area (Å²) < 4.78 is 0. The first-order valence-electron chi connectivity index (χ1n) is 11.5. The molecule has 4 heteroatoms. The van der Waals surface area contributed by atoms with Crippen molar-refractivity contribution < 1.29 is 15.0 Å². The van der Waals surface area contributed by atoms with Gasteiger partial charge in [0.05, 0.1) is 17.2 Å². The first-order chi connectivity index (χ1) is 15.1. The van der Waals surface area contributed by atoms with E-state index in [1.165, 1.54) is 32.1 Å². The van der Waals surface area contributed by atoms with E-state index in [-0.39, 0.29) is 0 Å². The number of hydrogen-bond donors (Lipinski definition) is 2. The fourth-order valence-electron chi connectivity index (χ4n) is 3.94. The molecule has 31 heavy (non-hydrogen) atoms. The molecule has 1 aromatic heterocycles. The van der Waals surface area contributed by atoms with E-state index in [9.17, 15) is 9.90 Å². The lowest BCUT2D eigenvalue weighted by atomic mass is 10.00. The quantitative estimate of drug-likeness (QED) is 0.329. The molecule has 2 aromatic carbocycles. The number of nitrogens with zero attached hydrogens (tertiary/aromatic N) is 1. The van der Waals surface area contributed by atoms with E-state index < -0.39 is 12.1 Å². The van der Waals surface area contributed by atoms with Crippen molar-refractivity contribution in [3.05, 3.63) is 77.0 Å². The minimum absolute atomic E-state index is 0.313. The molecule has 0 saturated carbocycles. The Kier molecular flexibility index (Phi) is 8.60. The number of carboxylic acids is 1. The zero-order chi connectivity index (χ0) is 22.1. The van der Waals surface area contributed by atoms with Crippen LogP contribution in [-0.4, -0.2) is 21.2 Å². The molecule has 0 aliphatic heterocycles. The van der Waals surface area contributed by atoms with Crippen LogP contribution in [-0.2, 0) is 12.8 Å². The van der Waals surface area contributed by atoms with Gasteiger partial charge < -0.3 is 10.2 Å². The molecule has 1 atom stereocenters. The van der Waals surface area contributed by atoms with Crippen LogP contribution in [0.25, 0.3) is 10.9 Å². The fourth-order valence-corrected chi connectivity index (χ4v) is 3.94. The van der Waals surface area contributed by atoms with Crippen LogP contribution in [0.2, 0.25) is 0 Å². The van der Waals surface area contributed by atoms with E-state index in [0.717, 1.165) is 53.4 Å². The number of carbonyl (C=O) groups is 1. The molecule has 1 heterocycles. The summed E-state index contributed by atoms with van der Waals surface area (Å²) >= 11 is 0. The summed E-state index contributed by atoms with van der Waals surface area (Å²) in [6.45, 7) is 2.22. The SMILES string of the molecule is CCCCCCCC[C@@H](O)c1ccc2ccc(CCc3cccc(C(=O)O)c3)nc2c1. The predicted molar refractivity (Wildman–Crippen MR) is 126 cm³/mol. The maximum absolute atomic E-state index is 11.2. The van der Waals surface area contributed by atoms with Gasteiger partial charge in [0.25, 0.3) is 0 Å². The van der Waals surface area contributed by atoms with Crippen LogP contribution in [0.15, 0.2) is 54.6 Å². The van der Waals surface area contributed by atoms with Crippen molar-refractivity contribution in [3.8, 4) is 0 Å². The van der Waals surface area contributed by atoms with Gasteiger partial charge in [-0.25, -0.2) is 4.79 Å². The number of aromatic carboxylic acids is 1. The van der Waals surface area contributed by atoms with Crippen molar-refractivity contribution in [3.63, 3.8) is 0 Å². The molecular formula is C27H33NO3. The molecular weight excluding hydrogens is 386 g/mol. The van der Waals surface area contributed by atoms with Crippen LogP contribution in [0.5, 0.6) is 0 Å². The molecule has 2 N–H and O–H groups in total. The highest BCUT2D eigenvalue weighted by molar-refractivity contribution is 5.87. The molecule has 0 bridgehead atoms. The highest BCUT2D eigenvalue weighted by Crippen LogP contribution is 2.24. The summed E-state index contributed by atoms with van der Waals surface area (Å²) in [4.78, 5) is 15.9. The van der Waals surface area contributed by atoms with Gasteiger partial charge in [0.15, 0.2) is 0 Å². The molecule has 3 rings (SSSR count). The number of aryl methyl sites for hydroxylation is 2. The maximum Gasteiger partial charge on any atom is 0.335 e. The highest BCUT2D eigenvalue weighted by atomic mass is 16.4. The van der Waals surface area contributed by atoms with Gasteiger partial charge in [-0.2, -0.15) is 0 Å². The van der Waals surface area contributed by atoms with Gasteiger partial charge in [0, 0.05) is 11.1 Å². The van der Waals surface area contributed by atoms with Gasteiger partial charge in [-0.1, -0.05) is 75.8 Å². The zero-order valence-corrected chi connectivity index (χ0v) is 18.4. The van der Waals surface area contributed by atoms with Gasteiger partial charge in [0.2, 0.25) is 0 Å². The summed E-state index contributed by atoms with van der Waals surface area (Å²) in [5.41, 5.74) is 4.10. The van der Waals surface area contributed by atoms with E-state index >= 15 is 0 Å². The molecule has 0 fully saturated rings. The van der Waals surface area contributed by atoms with Crippen LogP contribution >= 0.6 is 0 Å². The first kappa shape index (κ1) is 23.0. The topological polar surface area (TPSA) is 70.4 Å². The molecule has 4 nitrogen and oxygen atoms in total. The smallest absolute Gasteiger partial charge is 0.335 e. The Labute approximate surface area is 185 Å². The summed E-state index contributed by atoms with van der Waals surface area (Å²) in [5, 5.41) is 20.8. The number of unbranched alkanes of at least 4 members (excludes halogenated alkanes) is 5. The van der Waals surface area contributed by atoms with Crippen molar-refractivity contribution in [2.45, 2.75) is 70.8 Å². The lowest BCUT2D eigenvalue weighted by molar-refractivity contribution is 0.0696. The maximum atomic E-state index is 11.2. The Morgan fingerprint density at radius 3 is 2.52 bits per heavy atom. The Balaban J connectivity index is 1.60. The van der Waals surface area contributed by atoms with Crippen LogP contribution in [0, 0.1) is 0 Å². The number of benzene rings is 2. The number of hydrogen-bond acceptors (Lipinski definition) is 3. The molecule has 0 saturated heterocycles. The van der Waals surface area contributed by atoms with Gasteiger partial charge in [0.1, 0.15) is 0 Å². The van der Waals surface area contributed by atoms with Crippen LogP contribution in [0.1, 0.15) is 85.2 Å². The van der Waals surface area contributed by atoms with E-state index in [0.29, 0.717) is 5.56 Å². The van der Waals surface area contributed by atoms with Crippen LogP contribution in [0.3, 0.4) is 0 Å². The number of carboxylic acid groups (broad SMARTS) is 1. The normalized spacial score (nSPS) is 12.2. The van der Waals surface area contributed by atoms with Gasteiger partial charge in [-0.15, -0.1) is 0 Å². The Morgan fingerprint density at radius 2 is 1.71 bits per heavy atom. The third kappa shape index (κ3) is 6.90. The molecule has 3 aromatic rings. The fraction of sp³-hybridized carbons (Fsp3) is 0.407. The van der Waals surface area contributed by atoms with E-state index in [4.69, 9.17) is 10.1 Å². The lowest BCUT2D eigenvalue weighted by Crippen LogP contribution is -2.00. The van der Waals surface area contributed by atoms with Crippen LogP contribution < -0.4 is 0 Å². The predicted octanol–water partition coefficient (Wildman–Crippen LogP) is 6.50. The van der Waals surface area contributed by atoms with Crippen molar-refractivity contribution in [1.82, 2.24) is 4.98 Å². The van der Waals surface area contributed by atoms with Crippen molar-refractivity contribution in [2.75, 3.05) is 0 Å². The van der Waals surface area contributed by atoms with Crippen LogP contribution in [0.4, 0.5) is 0 Å². The molecule has 0 aliphatic carbocycles. The second-order valence-electron chi connectivity index (χ2n) is 8.33. The Hall–Kier alpha value is -2.72. The summed E-state index contributed by atoms with van der Waals surface area (Å²) in [7, 11) is 0. The third-order valence-corrected chi connectivity index (χ3v) is 5.83. The molecule has 0 amide bonds. The zero-order valence-electron chi connectivity index (χ0n) is 18.4. The number of pyridine rings is 1. The van der Waals surface area contributed by atoms with E-state index in [2.05, 4.69) is 13.0 Å². The summed E-state index contributed by atoms with van der Waals surface area (Å²) in [5.74, 6) is -0.905. The van der Waals surface area contributed by atoms with E-state index in [1.807, 2.05) is 30.3 Å². The second-order valence-corrected chi connectivity index (χ2v) is 8.33. The lowest BCUT2D eigenvalue weighted by Gasteiger charge is -2.12. The number of rotatable bonds is 12. The van der Waals surface area contributed by atoms with Gasteiger partial charge in [-0.05, 0) is 54.7 Å².